The lowest BCUT2D eigenvalue weighted by Gasteiger charge is -2.05. The molecule has 5 heteroatoms. The lowest BCUT2D eigenvalue weighted by Crippen LogP contribution is -1.93. The molecule has 0 aromatic carbocycles. The molecule has 0 spiro atoms. The van der Waals surface area contributed by atoms with Crippen LogP contribution in [0.4, 0.5) is 8.78 Å². The second kappa shape index (κ2) is 3.35. The third-order valence-corrected chi connectivity index (χ3v) is 2.28. The molecule has 0 fully saturated rings. The highest BCUT2D eigenvalue weighted by atomic mass is 79.9. The van der Waals surface area contributed by atoms with Crippen molar-refractivity contribution in [1.29, 1.82) is 0 Å². The van der Waals surface area contributed by atoms with Crippen LogP contribution < -0.4 is 0 Å². The highest BCUT2D eigenvalue weighted by molar-refractivity contribution is 9.10. The predicted octanol–water partition coefficient (Wildman–Crippen LogP) is 2.80. The molecular formula is C7H6BrF2NO. The van der Waals surface area contributed by atoms with E-state index in [0.717, 1.165) is 0 Å². The molecule has 0 aliphatic rings. The summed E-state index contributed by atoms with van der Waals surface area (Å²) in [4.78, 5) is 3.39. The monoisotopic (exact) mass is 237 g/mol. The van der Waals surface area contributed by atoms with Gasteiger partial charge in [-0.1, -0.05) is 0 Å². The Morgan fingerprint density at radius 2 is 2.17 bits per heavy atom. The minimum absolute atomic E-state index is 0.375. The number of alkyl halides is 2. The summed E-state index contributed by atoms with van der Waals surface area (Å²) in [5.41, 5.74) is -0.198. The maximum atomic E-state index is 12.1. The Morgan fingerprint density at radius 1 is 1.58 bits per heavy atom. The van der Waals surface area contributed by atoms with Crippen LogP contribution in [-0.2, 0) is 0 Å². The van der Waals surface area contributed by atoms with E-state index in [9.17, 15) is 13.9 Å². The first kappa shape index (κ1) is 9.38. The van der Waals surface area contributed by atoms with Crippen LogP contribution in [0.5, 0.6) is 5.75 Å². The number of halogens is 3. The van der Waals surface area contributed by atoms with Crippen molar-refractivity contribution in [1.82, 2.24) is 4.98 Å². The fourth-order valence-corrected chi connectivity index (χ4v) is 1.04. The zero-order valence-electron chi connectivity index (χ0n) is 6.18. The van der Waals surface area contributed by atoms with Crippen LogP contribution in [0.3, 0.4) is 0 Å². The highest BCUT2D eigenvalue weighted by Crippen LogP contribution is 2.32. The molecule has 0 aliphatic carbocycles. The van der Waals surface area contributed by atoms with Gasteiger partial charge in [-0.05, 0) is 22.9 Å². The Balaban J connectivity index is 3.27. The van der Waals surface area contributed by atoms with Crippen molar-refractivity contribution in [3.8, 4) is 5.75 Å². The fraction of sp³-hybridized carbons (Fsp3) is 0.286. The van der Waals surface area contributed by atoms with Crippen molar-refractivity contribution in [3.05, 3.63) is 21.9 Å². The van der Waals surface area contributed by atoms with Crippen LogP contribution in [0.1, 0.15) is 17.7 Å². The smallest absolute Gasteiger partial charge is 0.284 e. The molecule has 66 valence electrons. The quantitative estimate of drug-likeness (QED) is 0.815. The number of hydrogen-bond donors (Lipinski definition) is 1. The first-order chi connectivity index (χ1) is 5.54. The van der Waals surface area contributed by atoms with Crippen molar-refractivity contribution in [2.75, 3.05) is 0 Å². The van der Waals surface area contributed by atoms with Gasteiger partial charge in [0.15, 0.2) is 0 Å². The van der Waals surface area contributed by atoms with Gasteiger partial charge in [-0.25, -0.2) is 8.78 Å². The molecule has 0 amide bonds. The zero-order chi connectivity index (χ0) is 9.30. The molecule has 0 unspecified atom stereocenters. The summed E-state index contributed by atoms with van der Waals surface area (Å²) >= 11 is 3.06. The first-order valence-electron chi connectivity index (χ1n) is 3.16. The molecule has 0 bridgehead atoms. The van der Waals surface area contributed by atoms with E-state index in [0.29, 0.717) is 10.0 Å². The van der Waals surface area contributed by atoms with Gasteiger partial charge in [0.2, 0.25) is 0 Å². The summed E-state index contributed by atoms with van der Waals surface area (Å²) in [5.74, 6) is -0.445. The van der Waals surface area contributed by atoms with Gasteiger partial charge in [-0.3, -0.25) is 4.98 Å². The van der Waals surface area contributed by atoms with Crippen LogP contribution >= 0.6 is 15.9 Å². The molecule has 2 nitrogen and oxygen atoms in total. The summed E-state index contributed by atoms with van der Waals surface area (Å²) in [6.45, 7) is 1.53. The first-order valence-corrected chi connectivity index (χ1v) is 3.95. The van der Waals surface area contributed by atoms with Crippen molar-refractivity contribution in [3.63, 3.8) is 0 Å². The fourth-order valence-electron chi connectivity index (χ4n) is 0.749. The molecule has 1 N–H and O–H groups in total. The van der Waals surface area contributed by atoms with Crippen molar-refractivity contribution in [2.24, 2.45) is 0 Å². The van der Waals surface area contributed by atoms with Gasteiger partial charge in [-0.15, -0.1) is 0 Å². The number of aromatic hydroxyl groups is 1. The molecule has 0 aliphatic heterocycles. The summed E-state index contributed by atoms with van der Waals surface area (Å²) in [7, 11) is 0. The lowest BCUT2D eigenvalue weighted by molar-refractivity contribution is 0.141. The minimum atomic E-state index is -2.74. The van der Waals surface area contributed by atoms with Gasteiger partial charge in [0.25, 0.3) is 6.43 Å². The summed E-state index contributed by atoms with van der Waals surface area (Å²) in [5, 5.41) is 9.18. The van der Waals surface area contributed by atoms with Crippen LogP contribution in [-0.4, -0.2) is 10.1 Å². The SMILES string of the molecule is Cc1c(Br)cnc(C(F)F)c1O. The summed E-state index contributed by atoms with van der Waals surface area (Å²) in [6.07, 6.45) is -1.49. The molecule has 0 radical (unpaired) electrons. The lowest BCUT2D eigenvalue weighted by atomic mass is 10.2. The van der Waals surface area contributed by atoms with Gasteiger partial charge in [-0.2, -0.15) is 0 Å². The largest absolute Gasteiger partial charge is 0.505 e. The van der Waals surface area contributed by atoms with E-state index in [1.165, 1.54) is 13.1 Å². The Morgan fingerprint density at radius 3 is 2.67 bits per heavy atom. The van der Waals surface area contributed by atoms with Gasteiger partial charge < -0.3 is 5.11 Å². The maximum Gasteiger partial charge on any atom is 0.284 e. The predicted molar refractivity (Wildman–Crippen MR) is 43.3 cm³/mol. The van der Waals surface area contributed by atoms with Crippen molar-refractivity contribution in [2.45, 2.75) is 13.3 Å². The van der Waals surface area contributed by atoms with Crippen LogP contribution in [0, 0.1) is 6.92 Å². The Bertz CT molecular complexity index is 304. The van der Waals surface area contributed by atoms with E-state index in [1.54, 1.807) is 0 Å². The molecule has 0 saturated carbocycles. The van der Waals surface area contributed by atoms with Gasteiger partial charge >= 0.3 is 0 Å². The Kier molecular flexibility index (Phi) is 2.62. The van der Waals surface area contributed by atoms with E-state index in [4.69, 9.17) is 0 Å². The van der Waals surface area contributed by atoms with Crippen molar-refractivity contribution >= 4 is 15.9 Å². The maximum absolute atomic E-state index is 12.1. The topological polar surface area (TPSA) is 33.1 Å². The van der Waals surface area contributed by atoms with Gasteiger partial charge in [0.05, 0.1) is 0 Å². The molecule has 1 aromatic heterocycles. The van der Waals surface area contributed by atoms with Crippen LogP contribution in [0.25, 0.3) is 0 Å². The Hall–Kier alpha value is -0.710. The van der Waals surface area contributed by atoms with E-state index >= 15 is 0 Å². The molecular weight excluding hydrogens is 232 g/mol. The number of aromatic nitrogens is 1. The van der Waals surface area contributed by atoms with E-state index in [1.807, 2.05) is 0 Å². The van der Waals surface area contributed by atoms with Gasteiger partial charge in [0, 0.05) is 16.2 Å². The molecule has 1 rings (SSSR count). The minimum Gasteiger partial charge on any atom is -0.505 e. The second-order valence-corrected chi connectivity index (χ2v) is 3.12. The Labute approximate surface area is 76.4 Å². The summed E-state index contributed by atoms with van der Waals surface area (Å²) in [6, 6.07) is 0. The van der Waals surface area contributed by atoms with Gasteiger partial charge in [0.1, 0.15) is 11.4 Å². The number of hydrogen-bond acceptors (Lipinski definition) is 2. The summed E-state index contributed by atoms with van der Waals surface area (Å²) < 4.78 is 24.7. The molecule has 0 saturated heterocycles. The highest BCUT2D eigenvalue weighted by Gasteiger charge is 2.17. The number of pyridine rings is 1. The van der Waals surface area contributed by atoms with E-state index in [-0.39, 0.29) is 0 Å². The second-order valence-electron chi connectivity index (χ2n) is 2.27. The zero-order valence-corrected chi connectivity index (χ0v) is 7.77. The molecule has 0 atom stereocenters. The third-order valence-electron chi connectivity index (χ3n) is 1.48. The molecule has 1 heterocycles. The molecule has 12 heavy (non-hydrogen) atoms. The van der Waals surface area contributed by atoms with Crippen LogP contribution in [0.15, 0.2) is 10.7 Å². The van der Waals surface area contributed by atoms with E-state index < -0.39 is 17.9 Å². The average Bonchev–Trinajstić information content (AvgIpc) is 2.00. The van der Waals surface area contributed by atoms with E-state index in [2.05, 4.69) is 20.9 Å². The standard InChI is InChI=1S/C7H6BrF2NO/c1-3-4(8)2-11-5(6(3)12)7(9)10/h2,7,12H,1H3. The normalized spacial score (nSPS) is 10.8. The number of rotatable bonds is 1. The third kappa shape index (κ3) is 1.55. The average molecular weight is 238 g/mol. The van der Waals surface area contributed by atoms with Crippen molar-refractivity contribution < 1.29 is 13.9 Å². The van der Waals surface area contributed by atoms with Crippen LogP contribution in [0.2, 0.25) is 0 Å². The number of nitrogens with zero attached hydrogens (tertiary/aromatic N) is 1. The molecule has 1 aromatic rings.